The van der Waals surface area contributed by atoms with Gasteiger partial charge in [-0.15, -0.1) is 0 Å². The van der Waals surface area contributed by atoms with E-state index >= 15 is 0 Å². The van der Waals surface area contributed by atoms with Crippen molar-refractivity contribution >= 4 is 15.8 Å². The van der Waals surface area contributed by atoms with Crippen molar-refractivity contribution in [3.05, 3.63) is 28.8 Å². The first-order chi connectivity index (χ1) is 9.44. The molecule has 118 valence electrons. The normalized spacial score (nSPS) is 12.4. The van der Waals surface area contributed by atoms with E-state index in [4.69, 9.17) is 5.11 Å². The lowest BCUT2D eigenvalue weighted by Crippen LogP contribution is -2.14. The zero-order valence-electron chi connectivity index (χ0n) is 11.5. The fourth-order valence-electron chi connectivity index (χ4n) is 1.85. The third kappa shape index (κ3) is 4.73. The zero-order valence-corrected chi connectivity index (χ0v) is 12.3. The number of aryl methyl sites for hydroxylation is 1. The number of alkyl halides is 3. The van der Waals surface area contributed by atoms with Crippen molar-refractivity contribution in [1.29, 1.82) is 0 Å². The van der Waals surface area contributed by atoms with Crippen molar-refractivity contribution in [3.63, 3.8) is 0 Å². The second kappa shape index (κ2) is 6.05. The number of rotatable bonds is 5. The van der Waals surface area contributed by atoms with Crippen LogP contribution in [0, 0.1) is 13.8 Å². The van der Waals surface area contributed by atoms with Crippen LogP contribution in [-0.4, -0.2) is 31.4 Å². The summed E-state index contributed by atoms with van der Waals surface area (Å²) >= 11 is 0. The molecule has 0 aliphatic heterocycles. The van der Waals surface area contributed by atoms with Gasteiger partial charge in [0.25, 0.3) is 0 Å². The molecule has 1 aromatic carbocycles. The highest BCUT2D eigenvalue weighted by molar-refractivity contribution is 7.91. The van der Waals surface area contributed by atoms with Gasteiger partial charge in [-0.05, 0) is 43.5 Å². The number of carboxylic acids is 1. The van der Waals surface area contributed by atoms with Crippen LogP contribution in [0.3, 0.4) is 0 Å². The summed E-state index contributed by atoms with van der Waals surface area (Å²) in [7, 11) is -3.96. The number of carbonyl (C=O) groups is 1. The SMILES string of the molecule is Cc1cc(C(=O)O)cc(S(=O)(=O)CCCC(F)(F)F)c1C. The number of halogens is 3. The van der Waals surface area contributed by atoms with E-state index in [1.807, 2.05) is 0 Å². The van der Waals surface area contributed by atoms with Crippen molar-refractivity contribution in [3.8, 4) is 0 Å². The average molecular weight is 324 g/mol. The maximum atomic E-state index is 12.1. The Balaban J connectivity index is 3.11. The van der Waals surface area contributed by atoms with Crippen molar-refractivity contribution in [1.82, 2.24) is 0 Å². The fourth-order valence-corrected chi connectivity index (χ4v) is 3.52. The minimum absolute atomic E-state index is 0.201. The molecule has 0 spiro atoms. The molecule has 1 N–H and O–H groups in total. The van der Waals surface area contributed by atoms with Crippen LogP contribution in [0.25, 0.3) is 0 Å². The molecule has 0 unspecified atom stereocenters. The van der Waals surface area contributed by atoms with Crippen LogP contribution in [0.4, 0.5) is 13.2 Å². The molecule has 0 radical (unpaired) electrons. The van der Waals surface area contributed by atoms with E-state index in [1.165, 1.54) is 13.0 Å². The van der Waals surface area contributed by atoms with E-state index in [0.717, 1.165) is 6.07 Å². The van der Waals surface area contributed by atoms with Gasteiger partial charge in [0.2, 0.25) is 0 Å². The molecule has 0 aliphatic rings. The van der Waals surface area contributed by atoms with Crippen molar-refractivity contribution < 1.29 is 31.5 Å². The number of carboxylic acid groups (broad SMARTS) is 1. The average Bonchev–Trinajstić information content (AvgIpc) is 2.29. The van der Waals surface area contributed by atoms with Gasteiger partial charge in [-0.1, -0.05) is 0 Å². The lowest BCUT2D eigenvalue weighted by atomic mass is 10.1. The van der Waals surface area contributed by atoms with Crippen LogP contribution in [-0.2, 0) is 9.84 Å². The summed E-state index contributed by atoms with van der Waals surface area (Å²) in [5.74, 6) is -1.96. The minimum Gasteiger partial charge on any atom is -0.478 e. The van der Waals surface area contributed by atoms with Gasteiger partial charge < -0.3 is 5.11 Å². The Labute approximate surface area is 120 Å². The largest absolute Gasteiger partial charge is 0.478 e. The van der Waals surface area contributed by atoms with Crippen LogP contribution >= 0.6 is 0 Å². The Morgan fingerprint density at radius 2 is 1.81 bits per heavy atom. The number of hydrogen-bond acceptors (Lipinski definition) is 3. The van der Waals surface area contributed by atoms with Gasteiger partial charge in [0, 0.05) is 6.42 Å². The molecule has 4 nitrogen and oxygen atoms in total. The van der Waals surface area contributed by atoms with Crippen LogP contribution in [0.1, 0.15) is 34.3 Å². The second-order valence-corrected chi connectivity index (χ2v) is 6.84. The zero-order chi connectivity index (χ0) is 16.4. The Bertz CT molecular complexity index is 648. The van der Waals surface area contributed by atoms with E-state index in [-0.39, 0.29) is 10.5 Å². The topological polar surface area (TPSA) is 71.4 Å². The Hall–Kier alpha value is -1.57. The summed E-state index contributed by atoms with van der Waals surface area (Å²) < 4.78 is 60.4. The van der Waals surface area contributed by atoms with Crippen molar-refractivity contribution in [2.45, 2.75) is 37.8 Å². The first kappa shape index (κ1) is 17.5. The first-order valence-corrected chi connectivity index (χ1v) is 7.73. The Morgan fingerprint density at radius 3 is 2.29 bits per heavy atom. The molecule has 0 fully saturated rings. The van der Waals surface area contributed by atoms with Gasteiger partial charge in [0.15, 0.2) is 9.84 Å². The molecular weight excluding hydrogens is 309 g/mol. The first-order valence-electron chi connectivity index (χ1n) is 6.08. The lowest BCUT2D eigenvalue weighted by Gasteiger charge is -2.12. The van der Waals surface area contributed by atoms with Gasteiger partial charge in [-0.25, -0.2) is 13.2 Å². The van der Waals surface area contributed by atoms with Gasteiger partial charge in [-0.3, -0.25) is 0 Å². The number of aromatic carboxylic acids is 1. The molecule has 0 atom stereocenters. The van der Waals surface area contributed by atoms with Crippen LogP contribution in [0.5, 0.6) is 0 Å². The molecule has 21 heavy (non-hydrogen) atoms. The quantitative estimate of drug-likeness (QED) is 0.903. The molecule has 0 amide bonds. The molecular formula is C13H15F3O4S. The second-order valence-electron chi connectivity index (χ2n) is 4.76. The van der Waals surface area contributed by atoms with Crippen molar-refractivity contribution in [2.75, 3.05) is 5.75 Å². The van der Waals surface area contributed by atoms with Crippen LogP contribution < -0.4 is 0 Å². The number of benzene rings is 1. The summed E-state index contributed by atoms with van der Waals surface area (Å²) in [4.78, 5) is 10.7. The molecule has 0 saturated heterocycles. The molecule has 1 aromatic rings. The summed E-state index contributed by atoms with van der Waals surface area (Å²) in [6.07, 6.45) is -6.16. The maximum absolute atomic E-state index is 12.1. The Kier molecular flexibility index (Phi) is 5.03. The Morgan fingerprint density at radius 1 is 1.24 bits per heavy atom. The predicted molar refractivity (Wildman–Crippen MR) is 70.2 cm³/mol. The molecule has 0 heterocycles. The molecule has 0 aliphatic carbocycles. The van der Waals surface area contributed by atoms with Gasteiger partial charge in [0.1, 0.15) is 0 Å². The smallest absolute Gasteiger partial charge is 0.389 e. The molecule has 0 aromatic heterocycles. The lowest BCUT2D eigenvalue weighted by molar-refractivity contribution is -0.134. The highest BCUT2D eigenvalue weighted by Gasteiger charge is 2.28. The van der Waals surface area contributed by atoms with Crippen LogP contribution in [0.15, 0.2) is 17.0 Å². The number of hydrogen-bond donors (Lipinski definition) is 1. The highest BCUT2D eigenvalue weighted by Crippen LogP contribution is 2.26. The highest BCUT2D eigenvalue weighted by atomic mass is 32.2. The maximum Gasteiger partial charge on any atom is 0.389 e. The molecule has 8 heteroatoms. The minimum atomic E-state index is -4.41. The van der Waals surface area contributed by atoms with E-state index in [0.29, 0.717) is 11.1 Å². The molecule has 0 saturated carbocycles. The van der Waals surface area contributed by atoms with E-state index < -0.39 is 40.6 Å². The third-order valence-corrected chi connectivity index (χ3v) is 5.00. The third-order valence-electron chi connectivity index (χ3n) is 3.08. The summed E-state index contributed by atoms with van der Waals surface area (Å²) in [5.41, 5.74) is 0.615. The molecule has 0 bridgehead atoms. The van der Waals surface area contributed by atoms with E-state index in [1.54, 1.807) is 6.92 Å². The summed E-state index contributed by atoms with van der Waals surface area (Å²) in [5, 5.41) is 8.93. The molecule has 1 rings (SSSR count). The summed E-state index contributed by atoms with van der Waals surface area (Å²) in [6.45, 7) is 3.05. The number of sulfone groups is 1. The fraction of sp³-hybridized carbons (Fsp3) is 0.462. The van der Waals surface area contributed by atoms with E-state index in [9.17, 15) is 26.4 Å². The summed E-state index contributed by atoms with van der Waals surface area (Å²) in [6, 6.07) is 2.32. The van der Waals surface area contributed by atoms with Crippen molar-refractivity contribution in [2.24, 2.45) is 0 Å². The standard InChI is InChI=1S/C13H15F3O4S/c1-8-6-10(12(17)18)7-11(9(8)2)21(19,20)5-3-4-13(14,15)16/h6-7H,3-5H2,1-2H3,(H,17,18). The van der Waals surface area contributed by atoms with Gasteiger partial charge >= 0.3 is 12.1 Å². The monoisotopic (exact) mass is 324 g/mol. The van der Waals surface area contributed by atoms with Gasteiger partial charge in [0.05, 0.1) is 16.2 Å². The predicted octanol–water partition coefficient (Wildman–Crippen LogP) is 3.12. The van der Waals surface area contributed by atoms with Gasteiger partial charge in [-0.2, -0.15) is 13.2 Å². The van der Waals surface area contributed by atoms with Crippen LogP contribution in [0.2, 0.25) is 0 Å². The van der Waals surface area contributed by atoms with E-state index in [2.05, 4.69) is 0 Å².